The Morgan fingerprint density at radius 1 is 1.52 bits per heavy atom. The van der Waals surface area contributed by atoms with Crippen LogP contribution < -0.4 is 0 Å². The fourth-order valence-corrected chi connectivity index (χ4v) is 2.69. The number of hydrogen-bond acceptors (Lipinski definition) is 6. The van der Waals surface area contributed by atoms with Crippen LogP contribution in [-0.2, 0) is 16.6 Å². The van der Waals surface area contributed by atoms with Crippen molar-refractivity contribution in [1.29, 1.82) is 0 Å². The van der Waals surface area contributed by atoms with Crippen molar-refractivity contribution >= 4 is 17.5 Å². The van der Waals surface area contributed by atoms with Crippen LogP contribution in [0, 0.1) is 0 Å². The highest BCUT2D eigenvalue weighted by atomic mass is 35.5. The largest absolute Gasteiger partial charge is 0.377 e. The molecule has 1 aliphatic rings. The standard InChI is InChI=1S/C14H15ClN6O2/c1-3-13(22)21-4-5-23-8-11(21)9-6-10(16-12(15)7-9)14-17-19-20(2)18-14/h3,6-7,11H,1,4-5,8H2,2H3. The van der Waals surface area contributed by atoms with Gasteiger partial charge in [0.15, 0.2) is 0 Å². The fourth-order valence-electron chi connectivity index (χ4n) is 2.47. The van der Waals surface area contributed by atoms with Crippen LogP contribution >= 0.6 is 11.6 Å². The average molecular weight is 335 g/mol. The van der Waals surface area contributed by atoms with Crippen LogP contribution in [0.2, 0.25) is 5.15 Å². The van der Waals surface area contributed by atoms with Crippen molar-refractivity contribution in [2.24, 2.45) is 7.05 Å². The number of nitrogens with zero attached hydrogens (tertiary/aromatic N) is 6. The summed E-state index contributed by atoms with van der Waals surface area (Å²) >= 11 is 6.13. The number of amides is 1. The number of aromatic nitrogens is 5. The number of morpholine rings is 1. The van der Waals surface area contributed by atoms with Crippen LogP contribution in [0.4, 0.5) is 0 Å². The van der Waals surface area contributed by atoms with Crippen LogP contribution in [-0.4, -0.2) is 55.8 Å². The molecule has 9 heteroatoms. The molecule has 3 rings (SSSR count). The zero-order chi connectivity index (χ0) is 16.4. The normalized spacial score (nSPS) is 18.0. The van der Waals surface area contributed by atoms with Crippen LogP contribution in [0.25, 0.3) is 11.5 Å². The van der Waals surface area contributed by atoms with Gasteiger partial charge in [-0.2, -0.15) is 4.80 Å². The minimum Gasteiger partial charge on any atom is -0.377 e. The van der Waals surface area contributed by atoms with E-state index in [1.165, 1.54) is 10.9 Å². The smallest absolute Gasteiger partial charge is 0.246 e. The molecular formula is C14H15ClN6O2. The molecule has 3 heterocycles. The SMILES string of the molecule is C=CC(=O)N1CCOCC1c1cc(Cl)nc(-c2nnn(C)n2)c1. The van der Waals surface area contributed by atoms with Gasteiger partial charge in [-0.25, -0.2) is 4.98 Å². The van der Waals surface area contributed by atoms with Crippen LogP contribution in [0.3, 0.4) is 0 Å². The predicted octanol–water partition coefficient (Wildman–Crippen LogP) is 1.01. The van der Waals surface area contributed by atoms with Gasteiger partial charge >= 0.3 is 0 Å². The molecule has 0 saturated carbocycles. The summed E-state index contributed by atoms with van der Waals surface area (Å²) in [6.07, 6.45) is 1.30. The Labute approximate surface area is 137 Å². The zero-order valence-corrected chi connectivity index (χ0v) is 13.3. The molecule has 23 heavy (non-hydrogen) atoms. The summed E-state index contributed by atoms with van der Waals surface area (Å²) in [6.45, 7) is 4.92. The van der Waals surface area contributed by atoms with Crippen molar-refractivity contribution in [3.8, 4) is 11.5 Å². The molecule has 2 aromatic heterocycles. The highest BCUT2D eigenvalue weighted by Gasteiger charge is 2.28. The summed E-state index contributed by atoms with van der Waals surface area (Å²) < 4.78 is 5.51. The summed E-state index contributed by atoms with van der Waals surface area (Å²) in [6, 6.07) is 3.25. The second kappa shape index (κ2) is 6.43. The van der Waals surface area contributed by atoms with Gasteiger partial charge in [-0.05, 0) is 29.0 Å². The lowest BCUT2D eigenvalue weighted by Crippen LogP contribution is -2.42. The topological polar surface area (TPSA) is 86.0 Å². The first kappa shape index (κ1) is 15.6. The van der Waals surface area contributed by atoms with E-state index in [4.69, 9.17) is 16.3 Å². The Morgan fingerprint density at radius 3 is 3.04 bits per heavy atom. The third kappa shape index (κ3) is 3.22. The summed E-state index contributed by atoms with van der Waals surface area (Å²) in [7, 11) is 1.67. The monoisotopic (exact) mass is 334 g/mol. The maximum absolute atomic E-state index is 12.1. The van der Waals surface area contributed by atoms with Gasteiger partial charge in [0.1, 0.15) is 10.8 Å². The van der Waals surface area contributed by atoms with E-state index in [9.17, 15) is 4.79 Å². The minimum atomic E-state index is -0.259. The highest BCUT2D eigenvalue weighted by molar-refractivity contribution is 6.29. The van der Waals surface area contributed by atoms with Crippen molar-refractivity contribution in [3.05, 3.63) is 35.5 Å². The summed E-state index contributed by atoms with van der Waals surface area (Å²) in [5, 5.41) is 12.1. The molecule has 1 atom stereocenters. The summed E-state index contributed by atoms with van der Waals surface area (Å²) in [4.78, 5) is 19.3. The molecule has 0 aliphatic carbocycles. The van der Waals surface area contributed by atoms with E-state index in [-0.39, 0.29) is 11.9 Å². The molecular weight excluding hydrogens is 320 g/mol. The lowest BCUT2D eigenvalue weighted by atomic mass is 10.0. The van der Waals surface area contributed by atoms with E-state index in [1.807, 2.05) is 0 Å². The average Bonchev–Trinajstić information content (AvgIpc) is 3.00. The molecule has 0 radical (unpaired) electrons. The lowest BCUT2D eigenvalue weighted by molar-refractivity contribution is -0.134. The molecule has 1 saturated heterocycles. The second-order valence-corrected chi connectivity index (χ2v) is 5.42. The van der Waals surface area contributed by atoms with Gasteiger partial charge in [0.05, 0.1) is 26.3 Å². The van der Waals surface area contributed by atoms with Crippen LogP contribution in [0.5, 0.6) is 0 Å². The van der Waals surface area contributed by atoms with Crippen LogP contribution in [0.1, 0.15) is 11.6 Å². The zero-order valence-electron chi connectivity index (χ0n) is 12.5. The van der Waals surface area contributed by atoms with E-state index < -0.39 is 0 Å². The van der Waals surface area contributed by atoms with Crippen LogP contribution in [0.15, 0.2) is 24.8 Å². The molecule has 0 aromatic carbocycles. The van der Waals surface area contributed by atoms with Gasteiger partial charge in [-0.1, -0.05) is 18.2 Å². The first-order valence-corrected chi connectivity index (χ1v) is 7.39. The third-order valence-electron chi connectivity index (χ3n) is 3.52. The molecule has 0 spiro atoms. The predicted molar refractivity (Wildman–Crippen MR) is 82.5 cm³/mol. The molecule has 1 amide bonds. The van der Waals surface area contributed by atoms with E-state index in [0.717, 1.165) is 5.56 Å². The number of carbonyl (C=O) groups is 1. The molecule has 0 bridgehead atoms. The summed E-state index contributed by atoms with van der Waals surface area (Å²) in [5.74, 6) is 0.222. The Balaban J connectivity index is 1.99. The van der Waals surface area contributed by atoms with E-state index in [1.54, 1.807) is 24.1 Å². The Kier molecular flexibility index (Phi) is 4.35. The Bertz CT molecular complexity index is 747. The molecule has 8 nitrogen and oxygen atoms in total. The number of rotatable bonds is 3. The van der Waals surface area contributed by atoms with Gasteiger partial charge in [-0.3, -0.25) is 4.79 Å². The number of carbonyl (C=O) groups excluding carboxylic acids is 1. The third-order valence-corrected chi connectivity index (χ3v) is 3.72. The Hall–Kier alpha value is -2.32. The first-order valence-electron chi connectivity index (χ1n) is 7.01. The second-order valence-electron chi connectivity index (χ2n) is 5.04. The van der Waals surface area contributed by atoms with E-state index >= 15 is 0 Å². The lowest BCUT2D eigenvalue weighted by Gasteiger charge is -2.35. The molecule has 0 N–H and O–H groups in total. The number of ether oxygens (including phenoxy) is 1. The van der Waals surface area contributed by atoms with Gasteiger partial charge in [-0.15, -0.1) is 10.2 Å². The molecule has 1 fully saturated rings. The minimum absolute atomic E-state index is 0.148. The van der Waals surface area contributed by atoms with Crippen molar-refractivity contribution in [2.45, 2.75) is 6.04 Å². The van der Waals surface area contributed by atoms with Gasteiger partial charge < -0.3 is 9.64 Å². The van der Waals surface area contributed by atoms with Gasteiger partial charge in [0.25, 0.3) is 0 Å². The van der Waals surface area contributed by atoms with Crippen molar-refractivity contribution in [1.82, 2.24) is 30.1 Å². The van der Waals surface area contributed by atoms with Crippen molar-refractivity contribution in [3.63, 3.8) is 0 Å². The van der Waals surface area contributed by atoms with Crippen molar-refractivity contribution < 1.29 is 9.53 Å². The summed E-state index contributed by atoms with van der Waals surface area (Å²) in [5.41, 5.74) is 1.31. The number of hydrogen-bond donors (Lipinski definition) is 0. The maximum Gasteiger partial charge on any atom is 0.246 e. The maximum atomic E-state index is 12.1. The number of pyridine rings is 1. The van der Waals surface area contributed by atoms with E-state index in [2.05, 4.69) is 27.0 Å². The quantitative estimate of drug-likeness (QED) is 0.615. The number of halogens is 1. The van der Waals surface area contributed by atoms with E-state index in [0.29, 0.717) is 36.4 Å². The molecule has 1 unspecified atom stereocenters. The highest BCUT2D eigenvalue weighted by Crippen LogP contribution is 2.28. The number of aryl methyl sites for hydroxylation is 1. The molecule has 120 valence electrons. The fraction of sp³-hybridized carbons (Fsp3) is 0.357. The van der Waals surface area contributed by atoms with Gasteiger partial charge in [0.2, 0.25) is 11.7 Å². The van der Waals surface area contributed by atoms with Gasteiger partial charge in [0, 0.05) is 6.54 Å². The Morgan fingerprint density at radius 2 is 2.35 bits per heavy atom. The van der Waals surface area contributed by atoms with Crippen molar-refractivity contribution in [2.75, 3.05) is 19.8 Å². The molecule has 2 aromatic rings. The first-order chi connectivity index (χ1) is 11.1. The number of tetrazole rings is 1. The molecule has 1 aliphatic heterocycles.